The Morgan fingerprint density at radius 2 is 2.00 bits per heavy atom. The molecule has 100 valence electrons. The highest BCUT2D eigenvalue weighted by Crippen LogP contribution is 2.20. The number of para-hydroxylation sites is 1. The van der Waals surface area contributed by atoms with E-state index in [0.717, 1.165) is 4.31 Å². The van der Waals surface area contributed by atoms with Gasteiger partial charge >= 0.3 is 0 Å². The molecule has 0 fully saturated rings. The van der Waals surface area contributed by atoms with Gasteiger partial charge in [0.25, 0.3) is 5.69 Å². The summed E-state index contributed by atoms with van der Waals surface area (Å²) in [6, 6.07) is 6.04. The van der Waals surface area contributed by atoms with Gasteiger partial charge in [-0.1, -0.05) is 18.2 Å². The number of hydrogen-bond donors (Lipinski definition) is 0. The molecule has 0 radical (unpaired) electrons. The number of hydrogen-bond acceptors (Lipinski definition) is 4. The number of nitrogens with zero attached hydrogens (tertiary/aromatic N) is 2. The number of nitro groups is 1. The molecule has 0 amide bonds. The second-order valence-electron chi connectivity index (χ2n) is 3.65. The van der Waals surface area contributed by atoms with Gasteiger partial charge in [-0.2, -0.15) is 0 Å². The van der Waals surface area contributed by atoms with Crippen LogP contribution >= 0.6 is 11.6 Å². The molecule has 8 heteroatoms. The van der Waals surface area contributed by atoms with Crippen molar-refractivity contribution in [3.05, 3.63) is 39.9 Å². The van der Waals surface area contributed by atoms with Crippen LogP contribution in [0.15, 0.2) is 24.3 Å². The third-order valence-electron chi connectivity index (χ3n) is 2.39. The summed E-state index contributed by atoms with van der Waals surface area (Å²) in [5.74, 6) is -0.199. The van der Waals surface area contributed by atoms with E-state index in [1.807, 2.05) is 0 Å². The zero-order valence-electron chi connectivity index (χ0n) is 9.74. The highest BCUT2D eigenvalue weighted by Gasteiger charge is 2.21. The summed E-state index contributed by atoms with van der Waals surface area (Å²) in [6.45, 7) is -0.0453. The van der Waals surface area contributed by atoms with Gasteiger partial charge < -0.3 is 0 Å². The molecular formula is C10H13ClN2O4S. The van der Waals surface area contributed by atoms with E-state index in [1.165, 1.54) is 25.2 Å². The first kappa shape index (κ1) is 14.9. The van der Waals surface area contributed by atoms with Crippen LogP contribution in [-0.2, 0) is 16.6 Å². The van der Waals surface area contributed by atoms with E-state index in [4.69, 9.17) is 11.6 Å². The third-order valence-corrected chi connectivity index (χ3v) is 4.60. The van der Waals surface area contributed by atoms with Crippen LogP contribution in [0.5, 0.6) is 0 Å². The standard InChI is InChI=1S/C10H13ClN2O4S/c1-12(18(16,17)7-6-11)8-9-4-2-3-5-10(9)13(14)15/h2-5H,6-8H2,1H3. The van der Waals surface area contributed by atoms with E-state index in [1.54, 1.807) is 6.07 Å². The van der Waals surface area contributed by atoms with Crippen LogP contribution in [0, 0.1) is 10.1 Å². The average molecular weight is 293 g/mol. The average Bonchev–Trinajstić information content (AvgIpc) is 2.29. The van der Waals surface area contributed by atoms with Crippen molar-refractivity contribution in [3.8, 4) is 0 Å². The smallest absolute Gasteiger partial charge is 0.258 e. The van der Waals surface area contributed by atoms with Crippen LogP contribution in [0.4, 0.5) is 5.69 Å². The van der Waals surface area contributed by atoms with Gasteiger partial charge in [0.15, 0.2) is 0 Å². The lowest BCUT2D eigenvalue weighted by Gasteiger charge is -2.16. The third kappa shape index (κ3) is 3.66. The zero-order valence-corrected chi connectivity index (χ0v) is 11.3. The normalized spacial score (nSPS) is 11.7. The molecule has 0 atom stereocenters. The van der Waals surface area contributed by atoms with Crippen LogP contribution < -0.4 is 0 Å². The van der Waals surface area contributed by atoms with Gasteiger partial charge in [0.1, 0.15) is 0 Å². The summed E-state index contributed by atoms with van der Waals surface area (Å²) in [5, 5.41) is 10.8. The number of sulfonamides is 1. The van der Waals surface area contributed by atoms with Crippen molar-refractivity contribution in [1.82, 2.24) is 4.31 Å². The largest absolute Gasteiger partial charge is 0.273 e. The second kappa shape index (κ2) is 6.12. The maximum Gasteiger partial charge on any atom is 0.273 e. The van der Waals surface area contributed by atoms with E-state index >= 15 is 0 Å². The fourth-order valence-electron chi connectivity index (χ4n) is 1.41. The van der Waals surface area contributed by atoms with Crippen molar-refractivity contribution >= 4 is 27.3 Å². The van der Waals surface area contributed by atoms with Crippen molar-refractivity contribution in [2.45, 2.75) is 6.54 Å². The number of nitro benzene ring substituents is 1. The molecule has 1 aromatic carbocycles. The first-order valence-electron chi connectivity index (χ1n) is 5.10. The molecule has 0 spiro atoms. The Morgan fingerprint density at radius 1 is 1.39 bits per heavy atom. The number of benzene rings is 1. The Kier molecular flexibility index (Phi) is 5.06. The fourth-order valence-corrected chi connectivity index (χ4v) is 2.84. The van der Waals surface area contributed by atoms with Gasteiger partial charge in [0, 0.05) is 31.1 Å². The summed E-state index contributed by atoms with van der Waals surface area (Å²) < 4.78 is 24.4. The zero-order chi connectivity index (χ0) is 13.8. The fraction of sp³-hybridized carbons (Fsp3) is 0.400. The Labute approximate surface area is 110 Å². The van der Waals surface area contributed by atoms with E-state index in [-0.39, 0.29) is 23.9 Å². The molecule has 0 aliphatic carbocycles. The summed E-state index contributed by atoms with van der Waals surface area (Å²) in [6.07, 6.45) is 0. The summed E-state index contributed by atoms with van der Waals surface area (Å²) >= 11 is 5.40. The Bertz CT molecular complexity index is 532. The van der Waals surface area contributed by atoms with Crippen molar-refractivity contribution in [1.29, 1.82) is 0 Å². The lowest BCUT2D eigenvalue weighted by molar-refractivity contribution is -0.385. The minimum atomic E-state index is -3.47. The Balaban J connectivity index is 2.95. The molecule has 0 saturated heterocycles. The Hall–Kier alpha value is -1.18. The number of halogens is 1. The first-order chi connectivity index (χ1) is 8.38. The molecule has 0 aliphatic heterocycles. The lowest BCUT2D eigenvalue weighted by Crippen LogP contribution is -2.29. The summed E-state index contributed by atoms with van der Waals surface area (Å²) in [7, 11) is -2.10. The van der Waals surface area contributed by atoms with Crippen molar-refractivity contribution < 1.29 is 13.3 Å². The van der Waals surface area contributed by atoms with Crippen LogP contribution in [0.25, 0.3) is 0 Å². The van der Waals surface area contributed by atoms with Crippen molar-refractivity contribution in [2.75, 3.05) is 18.7 Å². The van der Waals surface area contributed by atoms with Crippen LogP contribution in [-0.4, -0.2) is 36.3 Å². The van der Waals surface area contributed by atoms with Gasteiger partial charge in [-0.3, -0.25) is 10.1 Å². The van der Waals surface area contributed by atoms with E-state index in [9.17, 15) is 18.5 Å². The lowest BCUT2D eigenvalue weighted by atomic mass is 10.2. The SMILES string of the molecule is CN(Cc1ccccc1[N+](=O)[O-])S(=O)(=O)CCCl. The predicted octanol–water partition coefficient (Wildman–Crippen LogP) is 1.60. The van der Waals surface area contributed by atoms with Gasteiger partial charge in [0.05, 0.1) is 10.7 Å². The van der Waals surface area contributed by atoms with E-state index < -0.39 is 14.9 Å². The molecule has 0 bridgehead atoms. The molecule has 6 nitrogen and oxygen atoms in total. The van der Waals surface area contributed by atoms with Crippen molar-refractivity contribution in [3.63, 3.8) is 0 Å². The molecule has 0 aromatic heterocycles. The quantitative estimate of drug-likeness (QED) is 0.453. The van der Waals surface area contributed by atoms with Gasteiger partial charge in [-0.15, -0.1) is 11.6 Å². The topological polar surface area (TPSA) is 80.5 Å². The highest BCUT2D eigenvalue weighted by molar-refractivity contribution is 7.89. The summed E-state index contributed by atoms with van der Waals surface area (Å²) in [4.78, 5) is 10.3. The molecule has 0 unspecified atom stereocenters. The van der Waals surface area contributed by atoms with Gasteiger partial charge in [-0.25, -0.2) is 12.7 Å². The van der Waals surface area contributed by atoms with Crippen molar-refractivity contribution in [2.24, 2.45) is 0 Å². The van der Waals surface area contributed by atoms with E-state index in [2.05, 4.69) is 0 Å². The first-order valence-corrected chi connectivity index (χ1v) is 7.25. The summed E-state index contributed by atoms with van der Waals surface area (Å²) in [5.41, 5.74) is 0.258. The van der Waals surface area contributed by atoms with Crippen LogP contribution in [0.3, 0.4) is 0 Å². The number of rotatable bonds is 6. The second-order valence-corrected chi connectivity index (χ2v) is 6.22. The van der Waals surface area contributed by atoms with Gasteiger partial charge in [-0.05, 0) is 0 Å². The molecule has 0 heterocycles. The molecule has 1 rings (SSSR count). The van der Waals surface area contributed by atoms with E-state index in [0.29, 0.717) is 5.56 Å². The minimum Gasteiger partial charge on any atom is -0.258 e. The molecule has 18 heavy (non-hydrogen) atoms. The maximum absolute atomic E-state index is 11.7. The number of alkyl halides is 1. The highest BCUT2D eigenvalue weighted by atomic mass is 35.5. The molecule has 0 aliphatic rings. The van der Waals surface area contributed by atoms with Crippen LogP contribution in [0.2, 0.25) is 0 Å². The molecule has 1 aromatic rings. The molecule has 0 N–H and O–H groups in total. The molecular weight excluding hydrogens is 280 g/mol. The maximum atomic E-state index is 11.7. The predicted molar refractivity (Wildman–Crippen MR) is 69.1 cm³/mol. The monoisotopic (exact) mass is 292 g/mol. The minimum absolute atomic E-state index is 0.0104. The van der Waals surface area contributed by atoms with Crippen LogP contribution in [0.1, 0.15) is 5.56 Å². The van der Waals surface area contributed by atoms with Gasteiger partial charge in [0.2, 0.25) is 10.0 Å². The molecule has 0 saturated carbocycles. The Morgan fingerprint density at radius 3 is 2.56 bits per heavy atom.